The fourth-order valence-corrected chi connectivity index (χ4v) is 2.93. The lowest BCUT2D eigenvalue weighted by molar-refractivity contribution is -0.144. The molecule has 0 saturated carbocycles. The third-order valence-corrected chi connectivity index (χ3v) is 4.89. The van der Waals surface area contributed by atoms with E-state index in [9.17, 15) is 38.7 Å². The van der Waals surface area contributed by atoms with Gasteiger partial charge in [-0.2, -0.15) is 0 Å². The summed E-state index contributed by atoms with van der Waals surface area (Å²) in [6.07, 6.45) is -1.46. The molecule has 0 saturated heterocycles. The van der Waals surface area contributed by atoms with E-state index in [2.05, 4.69) is 16.0 Å². The second-order valence-electron chi connectivity index (χ2n) is 7.95. The molecule has 0 fully saturated rings. The molecule has 204 valence electrons. The maximum Gasteiger partial charge on any atom is 0.326 e. The molecular weight excluding hydrogens is 484 g/mol. The number of hydrogen-bond donors (Lipinski definition) is 9. The number of rotatable bonds is 19. The minimum Gasteiger partial charge on any atom is -0.481 e. The highest BCUT2D eigenvalue weighted by Gasteiger charge is 2.31. The Hall–Kier alpha value is -3.79. The molecule has 0 aliphatic rings. The molecule has 12 N–H and O–H groups in total. The van der Waals surface area contributed by atoms with Gasteiger partial charge in [0, 0.05) is 12.8 Å². The van der Waals surface area contributed by atoms with Gasteiger partial charge in [0.25, 0.3) is 0 Å². The first-order valence-corrected chi connectivity index (χ1v) is 11.1. The van der Waals surface area contributed by atoms with Crippen LogP contribution in [0.25, 0.3) is 0 Å². The quantitative estimate of drug-likeness (QED) is 0.0755. The predicted molar refractivity (Wildman–Crippen MR) is 122 cm³/mol. The summed E-state index contributed by atoms with van der Waals surface area (Å²) >= 11 is 0. The summed E-state index contributed by atoms with van der Waals surface area (Å²) in [7, 11) is 0. The van der Waals surface area contributed by atoms with Crippen LogP contribution in [-0.2, 0) is 33.6 Å². The van der Waals surface area contributed by atoms with Crippen LogP contribution in [0.1, 0.15) is 51.4 Å². The number of nitrogens with one attached hydrogen (secondary N) is 3. The predicted octanol–water partition coefficient (Wildman–Crippen LogP) is -3.41. The fraction of sp³-hybridized carbons (Fsp3) is 0.650. The van der Waals surface area contributed by atoms with Crippen molar-refractivity contribution in [1.82, 2.24) is 16.0 Å². The van der Waals surface area contributed by atoms with Gasteiger partial charge in [-0.15, -0.1) is 0 Å². The van der Waals surface area contributed by atoms with Crippen molar-refractivity contribution in [3.8, 4) is 0 Å². The van der Waals surface area contributed by atoms with Crippen LogP contribution in [0.15, 0.2) is 0 Å². The van der Waals surface area contributed by atoms with Gasteiger partial charge in [-0.3, -0.25) is 28.8 Å². The average Bonchev–Trinajstić information content (AvgIpc) is 2.78. The molecule has 0 spiro atoms. The van der Waals surface area contributed by atoms with Gasteiger partial charge in [-0.05, 0) is 38.6 Å². The summed E-state index contributed by atoms with van der Waals surface area (Å²) in [6.45, 7) is 0.271. The first-order chi connectivity index (χ1) is 16.8. The molecule has 16 nitrogen and oxygen atoms in total. The van der Waals surface area contributed by atoms with Gasteiger partial charge in [0.2, 0.25) is 23.6 Å². The van der Waals surface area contributed by atoms with Crippen LogP contribution in [0.5, 0.6) is 0 Å². The van der Waals surface area contributed by atoms with E-state index in [0.717, 1.165) is 0 Å². The van der Waals surface area contributed by atoms with Crippen LogP contribution >= 0.6 is 0 Å². The maximum atomic E-state index is 12.9. The smallest absolute Gasteiger partial charge is 0.326 e. The molecule has 36 heavy (non-hydrogen) atoms. The molecular formula is C20H34N6O10. The molecule has 0 radical (unpaired) electrons. The Morgan fingerprint density at radius 3 is 1.61 bits per heavy atom. The molecule has 0 heterocycles. The number of carbonyl (C=O) groups excluding carboxylic acids is 4. The van der Waals surface area contributed by atoms with E-state index in [1.165, 1.54) is 0 Å². The molecule has 0 aromatic rings. The normalized spacial score (nSPS) is 13.9. The number of primary amides is 1. The van der Waals surface area contributed by atoms with Crippen molar-refractivity contribution in [1.29, 1.82) is 0 Å². The summed E-state index contributed by atoms with van der Waals surface area (Å²) in [4.78, 5) is 82.0. The molecule has 0 bridgehead atoms. The van der Waals surface area contributed by atoms with Crippen LogP contribution in [0.4, 0.5) is 0 Å². The minimum absolute atomic E-state index is 0.00933. The first-order valence-electron chi connectivity index (χ1n) is 11.1. The summed E-state index contributed by atoms with van der Waals surface area (Å²) in [5, 5.41) is 33.6. The van der Waals surface area contributed by atoms with Crippen LogP contribution < -0.4 is 33.2 Å². The summed E-state index contributed by atoms with van der Waals surface area (Å²) in [5.41, 5.74) is 16.1. The van der Waals surface area contributed by atoms with E-state index >= 15 is 0 Å². The minimum atomic E-state index is -1.65. The molecule has 4 unspecified atom stereocenters. The highest BCUT2D eigenvalue weighted by molar-refractivity contribution is 5.95. The Kier molecular flexibility index (Phi) is 15.0. The Morgan fingerprint density at radius 2 is 1.14 bits per heavy atom. The highest BCUT2D eigenvalue weighted by atomic mass is 16.4. The molecule has 16 heteroatoms. The third-order valence-electron chi connectivity index (χ3n) is 4.89. The molecule has 0 aliphatic heterocycles. The van der Waals surface area contributed by atoms with E-state index in [1.807, 2.05) is 0 Å². The lowest BCUT2D eigenvalue weighted by atomic mass is 10.0. The van der Waals surface area contributed by atoms with Crippen molar-refractivity contribution in [2.45, 2.75) is 75.5 Å². The molecule has 0 aromatic carbocycles. The topological polar surface area (TPSA) is 294 Å². The highest BCUT2D eigenvalue weighted by Crippen LogP contribution is 2.06. The first kappa shape index (κ1) is 32.2. The van der Waals surface area contributed by atoms with Crippen molar-refractivity contribution in [2.24, 2.45) is 17.2 Å². The van der Waals surface area contributed by atoms with E-state index in [-0.39, 0.29) is 25.8 Å². The zero-order valence-corrected chi connectivity index (χ0v) is 19.6. The maximum absolute atomic E-state index is 12.9. The second-order valence-corrected chi connectivity index (χ2v) is 7.95. The lowest BCUT2D eigenvalue weighted by Gasteiger charge is -2.25. The zero-order chi connectivity index (χ0) is 27.8. The number of nitrogens with two attached hydrogens (primary N) is 3. The van der Waals surface area contributed by atoms with Gasteiger partial charge in [0.05, 0.1) is 12.5 Å². The van der Waals surface area contributed by atoms with Gasteiger partial charge < -0.3 is 48.5 Å². The standard InChI is InChI=1S/C20H34N6O10/c21-8-2-1-3-11(18(33)26-13(20(35)36)9-14(23)27)25-19(34)12(5-7-16(30)31)24-17(32)10(22)4-6-15(28)29/h10-13H,1-9,21-22H2,(H2,23,27)(H,24,32)(H,25,34)(H,26,33)(H,28,29)(H,30,31)(H,35,36). The number of aliphatic carboxylic acids is 3. The Balaban J connectivity index is 5.58. The van der Waals surface area contributed by atoms with E-state index in [1.54, 1.807) is 0 Å². The van der Waals surface area contributed by atoms with E-state index in [0.29, 0.717) is 12.8 Å². The van der Waals surface area contributed by atoms with Crippen molar-refractivity contribution in [3.63, 3.8) is 0 Å². The second kappa shape index (κ2) is 16.8. The van der Waals surface area contributed by atoms with Crippen LogP contribution in [0.3, 0.4) is 0 Å². The largest absolute Gasteiger partial charge is 0.481 e. The van der Waals surface area contributed by atoms with Crippen LogP contribution in [0.2, 0.25) is 0 Å². The Morgan fingerprint density at radius 1 is 0.667 bits per heavy atom. The van der Waals surface area contributed by atoms with Crippen LogP contribution in [-0.4, -0.2) is 87.6 Å². The van der Waals surface area contributed by atoms with Gasteiger partial charge in [0.1, 0.15) is 18.1 Å². The monoisotopic (exact) mass is 518 g/mol. The number of carboxylic acids is 3. The van der Waals surface area contributed by atoms with Gasteiger partial charge in [-0.25, -0.2) is 4.79 Å². The van der Waals surface area contributed by atoms with Gasteiger partial charge in [0.15, 0.2) is 0 Å². The number of amides is 4. The fourth-order valence-electron chi connectivity index (χ4n) is 2.93. The van der Waals surface area contributed by atoms with Crippen LogP contribution in [0, 0.1) is 0 Å². The number of hydrogen-bond acceptors (Lipinski definition) is 9. The lowest BCUT2D eigenvalue weighted by Crippen LogP contribution is -2.57. The molecule has 0 aliphatic carbocycles. The van der Waals surface area contributed by atoms with E-state index in [4.69, 9.17) is 27.4 Å². The molecule has 0 rings (SSSR count). The number of carboxylic acid groups (broad SMARTS) is 3. The molecule has 0 aromatic heterocycles. The SMILES string of the molecule is NCCCCC(NC(=O)C(CCC(=O)O)NC(=O)C(N)CCC(=O)O)C(=O)NC(CC(N)=O)C(=O)O. The summed E-state index contributed by atoms with van der Waals surface area (Å²) in [6, 6.07) is -5.72. The summed E-state index contributed by atoms with van der Waals surface area (Å²) in [5.74, 6) is -7.79. The van der Waals surface area contributed by atoms with Gasteiger partial charge >= 0.3 is 17.9 Å². The third kappa shape index (κ3) is 13.8. The Labute approximate surface area is 206 Å². The van der Waals surface area contributed by atoms with Gasteiger partial charge in [-0.1, -0.05) is 0 Å². The van der Waals surface area contributed by atoms with E-state index < -0.39 is 85.0 Å². The summed E-state index contributed by atoms with van der Waals surface area (Å²) < 4.78 is 0. The Bertz CT molecular complexity index is 821. The number of unbranched alkanes of at least 4 members (excludes halogenated alkanes) is 1. The van der Waals surface area contributed by atoms with Crippen molar-refractivity contribution in [2.75, 3.05) is 6.54 Å². The van der Waals surface area contributed by atoms with Crippen molar-refractivity contribution < 1.29 is 48.9 Å². The zero-order valence-electron chi connectivity index (χ0n) is 19.6. The molecule has 4 amide bonds. The average molecular weight is 519 g/mol. The number of carbonyl (C=O) groups is 7. The van der Waals surface area contributed by atoms with Crippen molar-refractivity contribution >= 4 is 41.5 Å². The van der Waals surface area contributed by atoms with Crippen molar-refractivity contribution in [3.05, 3.63) is 0 Å². The molecule has 4 atom stereocenters.